The summed E-state index contributed by atoms with van der Waals surface area (Å²) in [6.45, 7) is 8.98. The first kappa shape index (κ1) is 15.3. The number of cyclic esters (lactones) is 2. The number of ether oxygens (including phenoxy) is 2. The highest BCUT2D eigenvalue weighted by Gasteiger charge is 2.40. The number of benzene rings is 1. The molecule has 1 aromatic carbocycles. The summed E-state index contributed by atoms with van der Waals surface area (Å²) in [5, 5.41) is 0. The maximum atomic E-state index is 12.1. The fourth-order valence-corrected chi connectivity index (χ4v) is 2.23. The molecule has 1 fully saturated rings. The van der Waals surface area contributed by atoms with Gasteiger partial charge in [0.15, 0.2) is 0 Å². The van der Waals surface area contributed by atoms with E-state index in [1.54, 1.807) is 6.92 Å². The van der Waals surface area contributed by atoms with Crippen molar-refractivity contribution in [1.82, 2.24) is 0 Å². The zero-order chi connectivity index (χ0) is 15.8. The van der Waals surface area contributed by atoms with Crippen LogP contribution in [0.15, 0.2) is 29.8 Å². The molecule has 1 saturated heterocycles. The Hall–Kier alpha value is -2.10. The maximum Gasteiger partial charge on any atom is 0.349 e. The molecule has 0 aliphatic carbocycles. The van der Waals surface area contributed by atoms with Crippen LogP contribution in [0.2, 0.25) is 0 Å². The van der Waals surface area contributed by atoms with E-state index < -0.39 is 17.7 Å². The molecular formula is C17H20O4. The Morgan fingerprint density at radius 1 is 1.10 bits per heavy atom. The molecule has 0 unspecified atom stereocenters. The van der Waals surface area contributed by atoms with E-state index in [1.165, 1.54) is 13.8 Å². The fraction of sp³-hybridized carbons (Fsp3) is 0.412. The minimum Gasteiger partial charge on any atom is -0.419 e. The number of allylic oxidation sites excluding steroid dienone is 1. The van der Waals surface area contributed by atoms with Gasteiger partial charge in [0, 0.05) is 13.8 Å². The summed E-state index contributed by atoms with van der Waals surface area (Å²) in [5.74, 6) is -2.11. The Balaban J connectivity index is 2.46. The summed E-state index contributed by atoms with van der Waals surface area (Å²) in [4.78, 5) is 24.1. The molecule has 0 radical (unpaired) electrons. The van der Waals surface area contributed by atoms with E-state index in [1.807, 2.05) is 24.3 Å². The number of carbonyl (C=O) groups excluding carboxylic acids is 2. The van der Waals surface area contributed by atoms with Crippen molar-refractivity contribution in [3.05, 3.63) is 41.0 Å². The van der Waals surface area contributed by atoms with Gasteiger partial charge in [-0.3, -0.25) is 0 Å². The maximum absolute atomic E-state index is 12.1. The highest BCUT2D eigenvalue weighted by molar-refractivity contribution is 6.20. The van der Waals surface area contributed by atoms with E-state index in [9.17, 15) is 9.59 Å². The largest absolute Gasteiger partial charge is 0.419 e. The first-order chi connectivity index (χ1) is 9.71. The van der Waals surface area contributed by atoms with E-state index in [2.05, 4.69) is 13.8 Å². The monoisotopic (exact) mass is 288 g/mol. The van der Waals surface area contributed by atoms with Crippen LogP contribution in [0.5, 0.6) is 0 Å². The highest BCUT2D eigenvalue weighted by atomic mass is 16.7. The molecule has 112 valence electrons. The molecule has 4 heteroatoms. The van der Waals surface area contributed by atoms with Crippen LogP contribution in [0.3, 0.4) is 0 Å². The molecule has 2 rings (SSSR count). The van der Waals surface area contributed by atoms with Gasteiger partial charge in [0.05, 0.1) is 0 Å². The van der Waals surface area contributed by atoms with Gasteiger partial charge in [-0.2, -0.15) is 0 Å². The van der Waals surface area contributed by atoms with E-state index >= 15 is 0 Å². The van der Waals surface area contributed by atoms with Gasteiger partial charge in [0.25, 0.3) is 5.79 Å². The molecule has 0 bridgehead atoms. The summed E-state index contributed by atoms with van der Waals surface area (Å²) in [7, 11) is 0. The number of esters is 2. The number of rotatable bonds is 2. The molecule has 0 saturated carbocycles. The minimum atomic E-state index is -1.21. The lowest BCUT2D eigenvalue weighted by atomic mass is 9.95. The van der Waals surface area contributed by atoms with Crippen LogP contribution >= 0.6 is 0 Å². The Labute approximate surface area is 124 Å². The lowest BCUT2D eigenvalue weighted by Crippen LogP contribution is -2.42. The molecule has 0 N–H and O–H groups in total. The summed E-state index contributed by atoms with van der Waals surface area (Å²) >= 11 is 0. The van der Waals surface area contributed by atoms with Crippen LogP contribution in [-0.4, -0.2) is 17.7 Å². The smallest absolute Gasteiger partial charge is 0.349 e. The molecule has 0 atom stereocenters. The molecule has 21 heavy (non-hydrogen) atoms. The molecule has 1 aromatic rings. The van der Waals surface area contributed by atoms with Crippen LogP contribution < -0.4 is 0 Å². The van der Waals surface area contributed by atoms with Crippen LogP contribution in [0.25, 0.3) is 5.57 Å². The lowest BCUT2D eigenvalue weighted by Gasteiger charge is -2.30. The van der Waals surface area contributed by atoms with E-state index in [0.717, 1.165) is 11.1 Å². The molecule has 0 aromatic heterocycles. The van der Waals surface area contributed by atoms with Gasteiger partial charge in [-0.05, 0) is 29.5 Å². The normalized spacial score (nSPS) is 17.5. The van der Waals surface area contributed by atoms with Crippen molar-refractivity contribution in [2.45, 2.75) is 46.3 Å². The SMILES string of the molecule is CC(=C1C(=O)OC(C)(C)OC1=O)c1cccc(C(C)C)c1. The van der Waals surface area contributed by atoms with Crippen molar-refractivity contribution in [2.24, 2.45) is 0 Å². The first-order valence-electron chi connectivity index (χ1n) is 6.99. The predicted octanol–water partition coefficient (Wildman–Crippen LogP) is 3.42. The Morgan fingerprint density at radius 2 is 1.67 bits per heavy atom. The second kappa shape index (κ2) is 5.35. The summed E-state index contributed by atoms with van der Waals surface area (Å²) in [5.41, 5.74) is 2.51. The second-order valence-electron chi connectivity index (χ2n) is 5.96. The third-order valence-electron chi connectivity index (χ3n) is 3.45. The quantitative estimate of drug-likeness (QED) is 0.475. The standard InChI is InChI=1S/C17H20O4/c1-10(2)12-7-6-8-13(9-12)11(3)14-15(18)20-17(4,5)21-16(14)19/h6-10H,1-5H3. The van der Waals surface area contributed by atoms with Gasteiger partial charge in [-0.25, -0.2) is 9.59 Å². The van der Waals surface area contributed by atoms with Gasteiger partial charge >= 0.3 is 11.9 Å². The van der Waals surface area contributed by atoms with Crippen LogP contribution in [0.1, 0.15) is 51.7 Å². The predicted molar refractivity (Wildman–Crippen MR) is 79.4 cm³/mol. The third kappa shape index (κ3) is 3.15. The topological polar surface area (TPSA) is 52.6 Å². The summed E-state index contributed by atoms with van der Waals surface area (Å²) < 4.78 is 10.3. The van der Waals surface area contributed by atoms with Crippen molar-refractivity contribution in [3.63, 3.8) is 0 Å². The number of hydrogen-bond acceptors (Lipinski definition) is 4. The average molecular weight is 288 g/mol. The fourth-order valence-electron chi connectivity index (χ4n) is 2.23. The summed E-state index contributed by atoms with van der Waals surface area (Å²) in [6, 6.07) is 7.78. The van der Waals surface area contributed by atoms with Gasteiger partial charge in [0.1, 0.15) is 5.57 Å². The zero-order valence-corrected chi connectivity index (χ0v) is 13.0. The van der Waals surface area contributed by atoms with Crippen molar-refractivity contribution in [1.29, 1.82) is 0 Å². The number of carbonyl (C=O) groups is 2. The second-order valence-corrected chi connectivity index (χ2v) is 5.96. The van der Waals surface area contributed by atoms with Crippen molar-refractivity contribution in [2.75, 3.05) is 0 Å². The first-order valence-corrected chi connectivity index (χ1v) is 6.99. The highest BCUT2D eigenvalue weighted by Crippen LogP contribution is 2.29. The Morgan fingerprint density at radius 3 is 2.19 bits per heavy atom. The van der Waals surface area contributed by atoms with E-state index in [-0.39, 0.29) is 5.57 Å². The van der Waals surface area contributed by atoms with E-state index in [4.69, 9.17) is 9.47 Å². The Bertz CT molecular complexity index is 601. The van der Waals surface area contributed by atoms with Crippen LogP contribution in [0, 0.1) is 0 Å². The van der Waals surface area contributed by atoms with E-state index in [0.29, 0.717) is 11.5 Å². The third-order valence-corrected chi connectivity index (χ3v) is 3.45. The van der Waals surface area contributed by atoms with Crippen LogP contribution in [-0.2, 0) is 19.1 Å². The average Bonchev–Trinajstić information content (AvgIpc) is 2.36. The number of hydrogen-bond donors (Lipinski definition) is 0. The molecule has 1 aliphatic rings. The van der Waals surface area contributed by atoms with Crippen LogP contribution in [0.4, 0.5) is 0 Å². The molecule has 4 nitrogen and oxygen atoms in total. The summed E-state index contributed by atoms with van der Waals surface area (Å²) in [6.07, 6.45) is 0. The van der Waals surface area contributed by atoms with Gasteiger partial charge < -0.3 is 9.47 Å². The van der Waals surface area contributed by atoms with Gasteiger partial charge in [-0.1, -0.05) is 38.1 Å². The van der Waals surface area contributed by atoms with Crippen molar-refractivity contribution >= 4 is 17.5 Å². The molecular weight excluding hydrogens is 268 g/mol. The molecule has 1 aliphatic heterocycles. The minimum absolute atomic E-state index is 0.0322. The van der Waals surface area contributed by atoms with Gasteiger partial charge in [-0.15, -0.1) is 0 Å². The van der Waals surface area contributed by atoms with Gasteiger partial charge in [0.2, 0.25) is 0 Å². The van der Waals surface area contributed by atoms with Crippen molar-refractivity contribution in [3.8, 4) is 0 Å². The lowest BCUT2D eigenvalue weighted by molar-refractivity contribution is -0.222. The molecule has 1 heterocycles. The van der Waals surface area contributed by atoms with Crippen molar-refractivity contribution < 1.29 is 19.1 Å². The Kier molecular flexibility index (Phi) is 3.90. The zero-order valence-electron chi connectivity index (χ0n) is 13.0. The molecule has 0 amide bonds. The molecule has 0 spiro atoms.